The molecule has 0 fully saturated rings. The summed E-state index contributed by atoms with van der Waals surface area (Å²) in [4.78, 5) is 10.9. The Bertz CT molecular complexity index is 223. The van der Waals surface area contributed by atoms with Crippen molar-refractivity contribution in [1.29, 1.82) is 0 Å². The average molecular weight is 214 g/mol. The maximum atomic E-state index is 10.9. The van der Waals surface area contributed by atoms with Crippen molar-refractivity contribution in [1.82, 2.24) is 0 Å². The number of ether oxygens (including phenoxy) is 2. The SMILES string of the molecule is C=CCC(O)COCCOC(=O)C(=C)C. The fourth-order valence-corrected chi connectivity index (χ4v) is 0.796. The summed E-state index contributed by atoms with van der Waals surface area (Å²) >= 11 is 0. The molecular formula is C11H18O4. The number of aliphatic hydroxyl groups is 1. The van der Waals surface area contributed by atoms with E-state index in [-0.39, 0.29) is 19.8 Å². The van der Waals surface area contributed by atoms with Gasteiger partial charge in [0.1, 0.15) is 6.61 Å². The Labute approximate surface area is 90.2 Å². The Morgan fingerprint density at radius 3 is 2.73 bits per heavy atom. The zero-order chi connectivity index (χ0) is 11.7. The molecule has 4 heteroatoms. The van der Waals surface area contributed by atoms with E-state index in [4.69, 9.17) is 9.47 Å². The molecule has 1 atom stereocenters. The molecule has 0 aliphatic rings. The highest BCUT2D eigenvalue weighted by atomic mass is 16.6. The highest BCUT2D eigenvalue weighted by Crippen LogP contribution is 1.94. The molecule has 0 aliphatic heterocycles. The van der Waals surface area contributed by atoms with Crippen LogP contribution in [0.25, 0.3) is 0 Å². The van der Waals surface area contributed by atoms with Crippen molar-refractivity contribution in [2.75, 3.05) is 19.8 Å². The number of hydrogen-bond donors (Lipinski definition) is 1. The van der Waals surface area contributed by atoms with Crippen molar-refractivity contribution >= 4 is 5.97 Å². The minimum atomic E-state index is -0.542. The van der Waals surface area contributed by atoms with Crippen LogP contribution in [0.1, 0.15) is 13.3 Å². The molecule has 0 bridgehead atoms. The van der Waals surface area contributed by atoms with E-state index in [1.54, 1.807) is 13.0 Å². The van der Waals surface area contributed by atoms with Crippen LogP contribution in [0.2, 0.25) is 0 Å². The standard InChI is InChI=1S/C11H18O4/c1-4-5-10(12)8-14-6-7-15-11(13)9(2)3/h4,10,12H,1-2,5-8H2,3H3. The van der Waals surface area contributed by atoms with Gasteiger partial charge in [-0.3, -0.25) is 0 Å². The van der Waals surface area contributed by atoms with Gasteiger partial charge in [0, 0.05) is 5.57 Å². The van der Waals surface area contributed by atoms with Crippen LogP contribution in [-0.4, -0.2) is 37.0 Å². The number of aliphatic hydroxyl groups excluding tert-OH is 1. The minimum Gasteiger partial charge on any atom is -0.460 e. The summed E-state index contributed by atoms with van der Waals surface area (Å²) in [6, 6.07) is 0. The Morgan fingerprint density at radius 1 is 1.53 bits per heavy atom. The molecule has 0 heterocycles. The Balaban J connectivity index is 3.35. The molecule has 0 saturated heterocycles. The minimum absolute atomic E-state index is 0.173. The molecule has 4 nitrogen and oxygen atoms in total. The molecule has 0 saturated carbocycles. The second kappa shape index (κ2) is 8.20. The van der Waals surface area contributed by atoms with Crippen LogP contribution in [0.5, 0.6) is 0 Å². The summed E-state index contributed by atoms with van der Waals surface area (Å²) in [6.45, 7) is 9.18. The van der Waals surface area contributed by atoms with Crippen molar-refractivity contribution in [2.45, 2.75) is 19.4 Å². The molecule has 0 radical (unpaired) electrons. The first-order chi connectivity index (χ1) is 7.07. The van der Waals surface area contributed by atoms with E-state index in [0.717, 1.165) is 0 Å². The number of carbonyl (C=O) groups excluding carboxylic acids is 1. The van der Waals surface area contributed by atoms with Crippen molar-refractivity contribution in [2.24, 2.45) is 0 Å². The van der Waals surface area contributed by atoms with Gasteiger partial charge >= 0.3 is 5.97 Å². The van der Waals surface area contributed by atoms with Crippen molar-refractivity contribution < 1.29 is 19.4 Å². The predicted octanol–water partition coefficient (Wildman–Crippen LogP) is 1.06. The molecule has 0 rings (SSSR count). The van der Waals surface area contributed by atoms with Crippen LogP contribution in [0.4, 0.5) is 0 Å². The molecule has 86 valence electrons. The van der Waals surface area contributed by atoms with Gasteiger partial charge in [-0.05, 0) is 13.3 Å². The van der Waals surface area contributed by atoms with E-state index in [2.05, 4.69) is 13.2 Å². The molecule has 0 spiro atoms. The summed E-state index contributed by atoms with van der Waals surface area (Å²) in [7, 11) is 0. The third-order valence-electron chi connectivity index (χ3n) is 1.56. The highest BCUT2D eigenvalue weighted by Gasteiger charge is 2.03. The molecule has 1 unspecified atom stereocenters. The predicted molar refractivity (Wildman–Crippen MR) is 57.4 cm³/mol. The maximum Gasteiger partial charge on any atom is 0.333 e. The van der Waals surface area contributed by atoms with Crippen LogP contribution in [0, 0.1) is 0 Å². The van der Waals surface area contributed by atoms with Gasteiger partial charge in [-0.15, -0.1) is 6.58 Å². The number of carbonyl (C=O) groups is 1. The number of hydrogen-bond acceptors (Lipinski definition) is 4. The smallest absolute Gasteiger partial charge is 0.333 e. The van der Waals surface area contributed by atoms with Gasteiger partial charge in [0.05, 0.1) is 19.3 Å². The summed E-state index contributed by atoms with van der Waals surface area (Å²) in [6.07, 6.45) is 1.57. The third kappa shape index (κ3) is 7.90. The summed E-state index contributed by atoms with van der Waals surface area (Å²) < 4.78 is 9.85. The molecule has 0 aromatic heterocycles. The van der Waals surface area contributed by atoms with Crippen molar-refractivity contribution in [3.63, 3.8) is 0 Å². The Hall–Kier alpha value is -1.13. The second-order valence-corrected chi connectivity index (χ2v) is 3.17. The lowest BCUT2D eigenvalue weighted by molar-refractivity contribution is -0.140. The lowest BCUT2D eigenvalue weighted by atomic mass is 10.3. The van der Waals surface area contributed by atoms with E-state index in [1.807, 2.05) is 0 Å². The molecule has 0 aliphatic carbocycles. The van der Waals surface area contributed by atoms with Crippen LogP contribution < -0.4 is 0 Å². The first-order valence-electron chi connectivity index (χ1n) is 4.77. The summed E-state index contributed by atoms with van der Waals surface area (Å²) in [5.41, 5.74) is 0.363. The largest absolute Gasteiger partial charge is 0.460 e. The highest BCUT2D eigenvalue weighted by molar-refractivity contribution is 5.86. The first-order valence-corrected chi connectivity index (χ1v) is 4.77. The van der Waals surface area contributed by atoms with Crippen molar-refractivity contribution in [3.8, 4) is 0 Å². The van der Waals surface area contributed by atoms with Gasteiger partial charge in [0.2, 0.25) is 0 Å². The topological polar surface area (TPSA) is 55.8 Å². The van der Waals surface area contributed by atoms with Crippen LogP contribution >= 0.6 is 0 Å². The summed E-state index contributed by atoms with van der Waals surface area (Å²) in [5, 5.41) is 9.23. The number of esters is 1. The van der Waals surface area contributed by atoms with Crippen LogP contribution in [0.3, 0.4) is 0 Å². The molecule has 0 aromatic carbocycles. The fraction of sp³-hybridized carbons (Fsp3) is 0.545. The lowest BCUT2D eigenvalue weighted by Crippen LogP contribution is -2.17. The Morgan fingerprint density at radius 2 is 2.20 bits per heavy atom. The van der Waals surface area contributed by atoms with Gasteiger partial charge in [0.15, 0.2) is 0 Å². The van der Waals surface area contributed by atoms with E-state index in [0.29, 0.717) is 12.0 Å². The molecule has 15 heavy (non-hydrogen) atoms. The lowest BCUT2D eigenvalue weighted by Gasteiger charge is -2.09. The van der Waals surface area contributed by atoms with Crippen LogP contribution in [0.15, 0.2) is 24.8 Å². The molecule has 0 amide bonds. The zero-order valence-corrected chi connectivity index (χ0v) is 9.07. The van der Waals surface area contributed by atoms with E-state index >= 15 is 0 Å². The number of rotatable bonds is 8. The van der Waals surface area contributed by atoms with Gasteiger partial charge in [-0.2, -0.15) is 0 Å². The maximum absolute atomic E-state index is 10.9. The fourth-order valence-electron chi connectivity index (χ4n) is 0.796. The Kier molecular flexibility index (Phi) is 7.58. The van der Waals surface area contributed by atoms with Gasteiger partial charge in [-0.25, -0.2) is 4.79 Å². The monoisotopic (exact) mass is 214 g/mol. The second-order valence-electron chi connectivity index (χ2n) is 3.17. The van der Waals surface area contributed by atoms with E-state index in [9.17, 15) is 9.90 Å². The van der Waals surface area contributed by atoms with Gasteiger partial charge in [0.25, 0.3) is 0 Å². The first kappa shape index (κ1) is 13.9. The molecular weight excluding hydrogens is 196 g/mol. The molecule has 0 aromatic rings. The third-order valence-corrected chi connectivity index (χ3v) is 1.56. The van der Waals surface area contributed by atoms with Crippen molar-refractivity contribution in [3.05, 3.63) is 24.8 Å². The van der Waals surface area contributed by atoms with Crippen LogP contribution in [-0.2, 0) is 14.3 Å². The van der Waals surface area contributed by atoms with E-state index in [1.165, 1.54) is 0 Å². The van der Waals surface area contributed by atoms with Gasteiger partial charge < -0.3 is 14.6 Å². The quantitative estimate of drug-likeness (QED) is 0.284. The normalized spacial score (nSPS) is 11.9. The average Bonchev–Trinajstić information content (AvgIpc) is 2.17. The summed E-state index contributed by atoms with van der Waals surface area (Å²) in [5.74, 6) is -0.426. The van der Waals surface area contributed by atoms with Gasteiger partial charge in [-0.1, -0.05) is 12.7 Å². The zero-order valence-electron chi connectivity index (χ0n) is 9.07. The molecule has 1 N–H and O–H groups in total. The van der Waals surface area contributed by atoms with E-state index < -0.39 is 12.1 Å².